The minimum absolute atomic E-state index is 0.0251. The van der Waals surface area contributed by atoms with Crippen molar-refractivity contribution in [3.8, 4) is 28.4 Å². The summed E-state index contributed by atoms with van der Waals surface area (Å²) in [7, 11) is 0. The van der Waals surface area contributed by atoms with Gasteiger partial charge in [0.1, 0.15) is 17.3 Å². The lowest BCUT2D eigenvalue weighted by Gasteiger charge is -2.55. The normalized spacial score (nSPS) is 16.6. The molecule has 69 heavy (non-hydrogen) atoms. The van der Waals surface area contributed by atoms with Crippen LogP contribution in [0.2, 0.25) is 0 Å². The molecule has 0 saturated heterocycles. The number of ether oxygens (including phenoxy) is 1. The molecule has 6 nitrogen and oxygen atoms in total. The molecule has 13 rings (SSSR count). The summed E-state index contributed by atoms with van der Waals surface area (Å²) in [6.45, 7) is 21.9. The Morgan fingerprint density at radius 2 is 1.07 bits per heavy atom. The predicted molar refractivity (Wildman–Crippen MR) is 286 cm³/mol. The lowest BCUT2D eigenvalue weighted by Crippen LogP contribution is -2.43. The highest BCUT2D eigenvalue weighted by atomic mass is 16.5. The molecule has 0 amide bonds. The lowest BCUT2D eigenvalue weighted by atomic mass is 9.61. The number of nitrogens with zero attached hydrogens (tertiary/aromatic N) is 5. The van der Waals surface area contributed by atoms with Crippen molar-refractivity contribution >= 4 is 50.2 Å². The van der Waals surface area contributed by atoms with Crippen LogP contribution in [-0.2, 0) is 21.7 Å². The zero-order chi connectivity index (χ0) is 47.4. The topological polar surface area (TPSA) is 36.8 Å². The molecule has 9 aromatic rings. The summed E-state index contributed by atoms with van der Waals surface area (Å²) in [5.41, 5.74) is 20.0. The van der Waals surface area contributed by atoms with Crippen LogP contribution in [0.25, 0.3) is 38.8 Å². The predicted octanol–water partition coefficient (Wildman–Crippen LogP) is 16.1. The Hall–Kier alpha value is -7.57. The van der Waals surface area contributed by atoms with Crippen molar-refractivity contribution in [1.29, 1.82) is 0 Å². The number of hydrogen-bond acceptors (Lipinski definition) is 5. The Labute approximate surface area is 405 Å². The molecule has 2 aromatic heterocycles. The first-order valence-electron chi connectivity index (χ1n) is 24.5. The zero-order valence-corrected chi connectivity index (χ0v) is 41.0. The van der Waals surface area contributed by atoms with E-state index in [1.54, 1.807) is 0 Å². The molecule has 6 heteroatoms. The van der Waals surface area contributed by atoms with E-state index < -0.39 is 0 Å². The van der Waals surface area contributed by atoms with E-state index in [1.807, 2.05) is 12.3 Å². The van der Waals surface area contributed by atoms with E-state index in [0.717, 1.165) is 39.4 Å². The number of fused-ring (bicyclic) bond motifs is 3. The van der Waals surface area contributed by atoms with Gasteiger partial charge in [-0.15, -0.1) is 0 Å². The minimum atomic E-state index is -0.206. The number of benzene rings is 7. The number of anilines is 5. The van der Waals surface area contributed by atoms with Crippen LogP contribution in [0.4, 0.5) is 28.4 Å². The largest absolute Gasteiger partial charge is 0.457 e. The number of para-hydroxylation sites is 2. The van der Waals surface area contributed by atoms with Crippen molar-refractivity contribution in [1.82, 2.24) is 9.55 Å². The monoisotopic (exact) mass is 899 g/mol. The second kappa shape index (κ2) is 14.2. The van der Waals surface area contributed by atoms with Crippen molar-refractivity contribution in [2.75, 3.05) is 21.4 Å². The molecule has 340 valence electrons. The average Bonchev–Trinajstić information content (AvgIpc) is 3.97. The fourth-order valence-corrected chi connectivity index (χ4v) is 12.1. The molecule has 0 saturated carbocycles. The van der Waals surface area contributed by atoms with Crippen LogP contribution in [0.15, 0.2) is 170 Å². The molecular weight excluding hydrogens is 843 g/mol. The third kappa shape index (κ3) is 6.00. The van der Waals surface area contributed by atoms with E-state index in [0.29, 0.717) is 6.67 Å². The number of rotatable bonds is 6. The average molecular weight is 900 g/mol. The smallest absolute Gasteiger partial charge is 0.137 e. The molecule has 4 aliphatic rings. The quantitative estimate of drug-likeness (QED) is 0.166. The number of aromatic nitrogens is 2. The van der Waals surface area contributed by atoms with Crippen molar-refractivity contribution in [2.45, 2.75) is 84.0 Å². The van der Waals surface area contributed by atoms with Crippen molar-refractivity contribution < 1.29 is 4.74 Å². The molecule has 0 spiro atoms. The maximum atomic E-state index is 6.79. The van der Waals surface area contributed by atoms with Crippen molar-refractivity contribution in [3.63, 3.8) is 0 Å². The first-order valence-corrected chi connectivity index (χ1v) is 24.5. The molecule has 0 fully saturated rings. The van der Waals surface area contributed by atoms with Crippen LogP contribution in [0, 0.1) is 0 Å². The number of pyridine rings is 1. The highest BCUT2D eigenvalue weighted by Crippen LogP contribution is 2.66. The second-order valence-electron chi connectivity index (χ2n) is 22.2. The highest BCUT2D eigenvalue weighted by molar-refractivity contribution is 6.11. The number of hydrogen-bond donors (Lipinski definition) is 0. The van der Waals surface area contributed by atoms with Crippen LogP contribution in [0.5, 0.6) is 11.5 Å². The Bertz CT molecular complexity index is 3570. The minimum Gasteiger partial charge on any atom is -0.457 e. The third-order valence-corrected chi connectivity index (χ3v) is 16.0. The fraction of sp³-hybridized carbons (Fsp3) is 0.222. The molecule has 0 aliphatic carbocycles. The molecule has 6 heterocycles. The Balaban J connectivity index is 0.841. The van der Waals surface area contributed by atoms with E-state index in [9.17, 15) is 0 Å². The SMILES string of the molecule is CC(C)(C)c1ccnc(-n2c3ccc(-c4ccccc4)cc3c3ccc(Oc4cccc(N5C=CN(c6cc7c8c(c6)C(C)(C)c6cccc9c6N8c6c(cccc6C7(C)C)C9(C)C)C5)c4)cc32)c1. The van der Waals surface area contributed by atoms with Gasteiger partial charge < -0.3 is 19.4 Å². The van der Waals surface area contributed by atoms with Crippen molar-refractivity contribution in [3.05, 3.63) is 209 Å². The maximum absolute atomic E-state index is 6.79. The molecule has 0 radical (unpaired) electrons. The Morgan fingerprint density at radius 1 is 0.478 bits per heavy atom. The standard InChI is InChI=1S/C63H57N5O/c1-60(2,3)41-28-29-64-56(33-41)67-54-27-24-40(39-16-11-10-12-17-39)32-47(54)46-26-25-45(37-55(46)67)69-44-19-13-18-42(34-44)65-30-31-66(38-65)43-35-52-59-53(36-43)63(8,9)51-23-15-21-49-58(51)68(59)57-48(61(49,4)5)20-14-22-50(57)62(52,6)7/h10-37H,38H2,1-9H3. The first kappa shape index (κ1) is 41.6. The molecular formula is C63H57N5O. The third-order valence-electron chi connectivity index (χ3n) is 16.0. The summed E-state index contributed by atoms with van der Waals surface area (Å²) in [5, 5.41) is 2.33. The molecule has 7 aromatic carbocycles. The summed E-state index contributed by atoms with van der Waals surface area (Å²) < 4.78 is 9.08. The molecule has 0 bridgehead atoms. The van der Waals surface area contributed by atoms with E-state index in [-0.39, 0.29) is 21.7 Å². The van der Waals surface area contributed by atoms with Gasteiger partial charge >= 0.3 is 0 Å². The van der Waals surface area contributed by atoms with E-state index in [2.05, 4.69) is 240 Å². The van der Waals surface area contributed by atoms with Gasteiger partial charge in [-0.05, 0) is 116 Å². The Kier molecular flexibility index (Phi) is 8.59. The second-order valence-corrected chi connectivity index (χ2v) is 22.2. The summed E-state index contributed by atoms with van der Waals surface area (Å²) in [4.78, 5) is 12.3. The summed E-state index contributed by atoms with van der Waals surface area (Å²) in [5.74, 6) is 2.44. The van der Waals surface area contributed by atoms with Gasteiger partial charge in [0, 0.05) is 69.1 Å². The van der Waals surface area contributed by atoms with Gasteiger partial charge in [-0.3, -0.25) is 4.57 Å². The van der Waals surface area contributed by atoms with Gasteiger partial charge in [-0.1, -0.05) is 141 Å². The molecule has 0 N–H and O–H groups in total. The van der Waals surface area contributed by atoms with Gasteiger partial charge in [0.2, 0.25) is 0 Å². The van der Waals surface area contributed by atoms with Crippen molar-refractivity contribution in [2.24, 2.45) is 0 Å². The molecule has 0 atom stereocenters. The summed E-state index contributed by atoms with van der Waals surface area (Å²) in [6.07, 6.45) is 6.36. The molecule has 4 aliphatic heterocycles. The highest BCUT2D eigenvalue weighted by Gasteiger charge is 2.51. The van der Waals surface area contributed by atoms with Crippen LogP contribution >= 0.6 is 0 Å². The van der Waals surface area contributed by atoms with Gasteiger partial charge in [0.25, 0.3) is 0 Å². The van der Waals surface area contributed by atoms with Gasteiger partial charge in [-0.2, -0.15) is 0 Å². The van der Waals surface area contributed by atoms with E-state index in [1.165, 1.54) is 78.2 Å². The van der Waals surface area contributed by atoms with Crippen LogP contribution in [0.3, 0.4) is 0 Å². The molecule has 0 unspecified atom stereocenters. The van der Waals surface area contributed by atoms with Gasteiger partial charge in [0.05, 0.1) is 34.8 Å². The lowest BCUT2D eigenvalue weighted by molar-refractivity contribution is 0.483. The maximum Gasteiger partial charge on any atom is 0.137 e. The Morgan fingerprint density at radius 3 is 1.72 bits per heavy atom. The zero-order valence-electron chi connectivity index (χ0n) is 41.0. The van der Waals surface area contributed by atoms with Crippen LogP contribution in [-0.4, -0.2) is 16.2 Å². The van der Waals surface area contributed by atoms with Gasteiger partial charge in [0.15, 0.2) is 0 Å². The van der Waals surface area contributed by atoms with Crippen LogP contribution in [0.1, 0.15) is 101 Å². The summed E-state index contributed by atoms with van der Waals surface area (Å²) in [6, 6.07) is 55.6. The summed E-state index contributed by atoms with van der Waals surface area (Å²) >= 11 is 0. The van der Waals surface area contributed by atoms with Gasteiger partial charge in [-0.25, -0.2) is 4.98 Å². The first-order chi connectivity index (χ1) is 33.1. The van der Waals surface area contributed by atoms with Crippen LogP contribution < -0.4 is 19.4 Å². The fourth-order valence-electron chi connectivity index (χ4n) is 12.1. The van der Waals surface area contributed by atoms with E-state index >= 15 is 0 Å². The van der Waals surface area contributed by atoms with E-state index in [4.69, 9.17) is 9.72 Å².